The monoisotopic (exact) mass is 392 g/mol. The van der Waals surface area contributed by atoms with Crippen LogP contribution in [0.1, 0.15) is 29.5 Å². The van der Waals surface area contributed by atoms with Crippen molar-refractivity contribution in [3.05, 3.63) is 69.8 Å². The van der Waals surface area contributed by atoms with Crippen LogP contribution in [0.15, 0.2) is 53.1 Å². The lowest BCUT2D eigenvalue weighted by Gasteiger charge is -2.35. The first-order valence-electron chi connectivity index (χ1n) is 8.61. The molecule has 3 nitrogen and oxygen atoms in total. The van der Waals surface area contributed by atoms with Gasteiger partial charge in [0.2, 0.25) is 0 Å². The number of benzene rings is 2. The Kier molecular flexibility index (Phi) is 3.26. The number of fused-ring (bicyclic) bond motifs is 5. The molecular formula is C21H17BrN2O. The van der Waals surface area contributed by atoms with Crippen molar-refractivity contribution in [3.63, 3.8) is 0 Å². The maximum Gasteiger partial charge on any atom is 0.170 e. The minimum atomic E-state index is -0.0119. The lowest BCUT2D eigenvalue weighted by Crippen LogP contribution is -2.29. The van der Waals surface area contributed by atoms with Crippen LogP contribution in [0.2, 0.25) is 0 Å². The van der Waals surface area contributed by atoms with E-state index in [9.17, 15) is 4.79 Å². The fraction of sp³-hybridized carbons (Fsp3) is 0.238. The summed E-state index contributed by atoms with van der Waals surface area (Å²) in [6.45, 7) is 0. The number of allylic oxidation sites excluding steroid dienone is 2. The predicted molar refractivity (Wildman–Crippen MR) is 102 cm³/mol. The molecule has 1 heterocycles. The molecule has 2 aliphatic carbocycles. The molecule has 0 saturated carbocycles. The maximum absolute atomic E-state index is 12.4. The van der Waals surface area contributed by atoms with Crippen molar-refractivity contribution in [1.29, 1.82) is 0 Å². The van der Waals surface area contributed by atoms with Crippen LogP contribution >= 0.6 is 15.9 Å². The average Bonchev–Trinajstić information content (AvgIpc) is 3.21. The standard InChI is InChI=1S/C21H17BrN2O/c22-20-18(25)8-9-21(10-13-4-2-1-3-5-13)11-15-14(19(20)21)6-7-17-16(15)12-23-24-17/h1-7,12H,8-11H2,(H,23,24). The Morgan fingerprint density at radius 3 is 2.84 bits per heavy atom. The number of hydrogen-bond donors (Lipinski definition) is 1. The minimum Gasteiger partial charge on any atom is -0.294 e. The van der Waals surface area contributed by atoms with Gasteiger partial charge in [0.1, 0.15) is 0 Å². The lowest BCUT2D eigenvalue weighted by atomic mass is 9.69. The lowest BCUT2D eigenvalue weighted by molar-refractivity contribution is -0.115. The molecule has 0 fully saturated rings. The fourth-order valence-corrected chi connectivity index (χ4v) is 5.44. The van der Waals surface area contributed by atoms with Crippen molar-refractivity contribution in [2.24, 2.45) is 5.41 Å². The summed E-state index contributed by atoms with van der Waals surface area (Å²) in [6, 6.07) is 14.8. The van der Waals surface area contributed by atoms with Gasteiger partial charge in [0, 0.05) is 17.2 Å². The second kappa shape index (κ2) is 5.40. The molecule has 4 heteroatoms. The number of halogens is 1. The van der Waals surface area contributed by atoms with Crippen molar-refractivity contribution in [2.45, 2.75) is 25.7 Å². The number of aromatic amines is 1. The highest BCUT2D eigenvalue weighted by atomic mass is 79.9. The van der Waals surface area contributed by atoms with Gasteiger partial charge in [-0.1, -0.05) is 36.4 Å². The van der Waals surface area contributed by atoms with Gasteiger partial charge in [-0.2, -0.15) is 5.10 Å². The maximum atomic E-state index is 12.4. The summed E-state index contributed by atoms with van der Waals surface area (Å²) < 4.78 is 0.774. The van der Waals surface area contributed by atoms with Crippen LogP contribution in [-0.4, -0.2) is 16.0 Å². The van der Waals surface area contributed by atoms with Gasteiger partial charge in [-0.05, 0) is 63.5 Å². The van der Waals surface area contributed by atoms with Gasteiger partial charge in [-0.15, -0.1) is 0 Å². The molecule has 0 saturated heterocycles. The summed E-state index contributed by atoms with van der Waals surface area (Å²) >= 11 is 3.64. The fourth-order valence-electron chi connectivity index (χ4n) is 4.61. The molecule has 1 N–H and O–H groups in total. The summed E-state index contributed by atoms with van der Waals surface area (Å²) in [7, 11) is 0. The first-order valence-corrected chi connectivity index (χ1v) is 9.40. The van der Waals surface area contributed by atoms with E-state index in [0.717, 1.165) is 29.3 Å². The van der Waals surface area contributed by atoms with E-state index < -0.39 is 0 Å². The second-order valence-electron chi connectivity index (χ2n) is 7.15. The van der Waals surface area contributed by atoms with Gasteiger partial charge in [0.05, 0.1) is 16.2 Å². The van der Waals surface area contributed by atoms with Gasteiger partial charge < -0.3 is 0 Å². The Bertz CT molecular complexity index is 1030. The zero-order valence-corrected chi connectivity index (χ0v) is 15.3. The Morgan fingerprint density at radius 1 is 1.16 bits per heavy atom. The van der Waals surface area contributed by atoms with Crippen LogP contribution in [0.5, 0.6) is 0 Å². The Morgan fingerprint density at radius 2 is 2.00 bits per heavy atom. The first-order chi connectivity index (χ1) is 12.2. The summed E-state index contributed by atoms with van der Waals surface area (Å²) in [6.07, 6.45) is 5.35. The molecule has 0 bridgehead atoms. The number of Topliss-reactive ketones (excluding diaryl/α,β-unsaturated/α-hetero) is 1. The van der Waals surface area contributed by atoms with Crippen LogP contribution in [0, 0.1) is 5.41 Å². The Hall–Kier alpha value is -2.20. The molecule has 0 amide bonds. The molecule has 1 aromatic heterocycles. The predicted octanol–water partition coefficient (Wildman–Crippen LogP) is 4.82. The number of nitrogens with zero attached hydrogens (tertiary/aromatic N) is 1. The zero-order chi connectivity index (χ0) is 17.0. The zero-order valence-electron chi connectivity index (χ0n) is 13.7. The Balaban J connectivity index is 1.74. The molecule has 0 radical (unpaired) electrons. The molecule has 25 heavy (non-hydrogen) atoms. The van der Waals surface area contributed by atoms with Crippen LogP contribution in [0.3, 0.4) is 0 Å². The molecule has 2 aliphatic rings. The average molecular weight is 393 g/mol. The van der Waals surface area contributed by atoms with E-state index in [1.807, 2.05) is 6.20 Å². The topological polar surface area (TPSA) is 45.8 Å². The van der Waals surface area contributed by atoms with E-state index >= 15 is 0 Å². The Labute approximate surface area is 154 Å². The highest BCUT2D eigenvalue weighted by Gasteiger charge is 2.47. The van der Waals surface area contributed by atoms with Gasteiger partial charge >= 0.3 is 0 Å². The minimum absolute atomic E-state index is 0.0119. The van der Waals surface area contributed by atoms with Crippen LogP contribution in [0.25, 0.3) is 16.5 Å². The smallest absolute Gasteiger partial charge is 0.170 e. The van der Waals surface area contributed by atoms with Crippen molar-refractivity contribution >= 4 is 38.2 Å². The van der Waals surface area contributed by atoms with E-state index in [0.29, 0.717) is 6.42 Å². The molecule has 2 aromatic carbocycles. The number of aromatic nitrogens is 2. The van der Waals surface area contributed by atoms with Crippen molar-refractivity contribution in [2.75, 3.05) is 0 Å². The highest BCUT2D eigenvalue weighted by molar-refractivity contribution is 9.12. The highest BCUT2D eigenvalue weighted by Crippen LogP contribution is 2.57. The SMILES string of the molecule is O=C1CCC2(Cc3ccccc3)Cc3c(ccc4[nH]ncc34)C2=C1Br. The van der Waals surface area contributed by atoms with Gasteiger partial charge in [0.25, 0.3) is 0 Å². The molecule has 1 atom stereocenters. The quantitative estimate of drug-likeness (QED) is 0.679. The number of rotatable bonds is 2. The largest absolute Gasteiger partial charge is 0.294 e. The van der Waals surface area contributed by atoms with E-state index in [1.54, 1.807) is 0 Å². The van der Waals surface area contributed by atoms with Crippen LogP contribution in [-0.2, 0) is 17.6 Å². The second-order valence-corrected chi connectivity index (χ2v) is 7.95. The van der Waals surface area contributed by atoms with Crippen molar-refractivity contribution < 1.29 is 4.79 Å². The molecule has 1 unspecified atom stereocenters. The number of H-pyrrole nitrogens is 1. The number of hydrogen-bond acceptors (Lipinski definition) is 2. The molecule has 0 spiro atoms. The van der Waals surface area contributed by atoms with Crippen LogP contribution < -0.4 is 0 Å². The van der Waals surface area contributed by atoms with Gasteiger partial charge in [-0.25, -0.2) is 0 Å². The molecule has 5 rings (SSSR count). The summed E-state index contributed by atoms with van der Waals surface area (Å²) in [5.41, 5.74) is 6.11. The van der Waals surface area contributed by atoms with Crippen molar-refractivity contribution in [3.8, 4) is 0 Å². The number of nitrogens with one attached hydrogen (secondary N) is 1. The molecule has 124 valence electrons. The number of ketones is 1. The first kappa shape index (κ1) is 15.1. The van der Waals surface area contributed by atoms with Crippen molar-refractivity contribution in [1.82, 2.24) is 10.2 Å². The van der Waals surface area contributed by atoms with E-state index in [4.69, 9.17) is 0 Å². The summed E-state index contributed by atoms with van der Waals surface area (Å²) in [5.74, 6) is 0.221. The molecule has 3 aromatic rings. The summed E-state index contributed by atoms with van der Waals surface area (Å²) in [5, 5.41) is 8.47. The van der Waals surface area contributed by atoms with Gasteiger partial charge in [-0.3, -0.25) is 9.89 Å². The third kappa shape index (κ3) is 2.17. The number of carbonyl (C=O) groups is 1. The third-order valence-corrected chi connectivity index (χ3v) is 6.57. The summed E-state index contributed by atoms with van der Waals surface area (Å²) in [4.78, 5) is 12.4. The van der Waals surface area contributed by atoms with E-state index in [1.165, 1.54) is 27.6 Å². The third-order valence-electron chi connectivity index (χ3n) is 5.73. The van der Waals surface area contributed by atoms with E-state index in [-0.39, 0.29) is 11.2 Å². The molecular weight excluding hydrogens is 376 g/mol. The van der Waals surface area contributed by atoms with E-state index in [2.05, 4.69) is 68.6 Å². The van der Waals surface area contributed by atoms with Crippen LogP contribution in [0.4, 0.5) is 0 Å². The normalized spacial score (nSPS) is 22.4. The molecule has 0 aliphatic heterocycles. The van der Waals surface area contributed by atoms with Gasteiger partial charge in [0.15, 0.2) is 5.78 Å². The number of carbonyl (C=O) groups excluding carboxylic acids is 1.